The average Bonchev–Trinajstić information content (AvgIpc) is 3.11. The van der Waals surface area contributed by atoms with E-state index in [1.165, 1.54) is 24.9 Å². The molecule has 0 saturated heterocycles. The number of hydrogen-bond donors (Lipinski definition) is 3. The second-order valence-corrected chi connectivity index (χ2v) is 4.29. The minimum absolute atomic E-state index is 0.135. The molecule has 0 aliphatic heterocycles. The Kier molecular flexibility index (Phi) is 4.01. The van der Waals surface area contributed by atoms with Crippen molar-refractivity contribution in [3.05, 3.63) is 55.0 Å². The number of carbonyl (C=O) groups is 1. The Labute approximate surface area is 130 Å². The number of rotatable bonds is 5. The van der Waals surface area contributed by atoms with Crippen molar-refractivity contribution in [2.24, 2.45) is 0 Å². The number of carbonyl (C=O) groups excluding carboxylic acids is 1. The molecule has 0 saturated carbocycles. The normalized spacial score (nSPS) is 10.1. The highest BCUT2D eigenvalue weighted by atomic mass is 16.5. The summed E-state index contributed by atoms with van der Waals surface area (Å²) in [7, 11) is 0. The van der Waals surface area contributed by atoms with E-state index in [2.05, 4.69) is 25.8 Å². The molecule has 0 radical (unpaired) electrons. The van der Waals surface area contributed by atoms with E-state index in [4.69, 9.17) is 14.9 Å². The van der Waals surface area contributed by atoms with E-state index in [0.717, 1.165) is 0 Å². The smallest absolute Gasteiger partial charge is 0.305 e. The van der Waals surface area contributed by atoms with Gasteiger partial charge >= 0.3 is 5.91 Å². The fraction of sp³-hybridized carbons (Fsp3) is 0. The van der Waals surface area contributed by atoms with Gasteiger partial charge in [-0.15, -0.1) is 0 Å². The predicted molar refractivity (Wildman–Crippen MR) is 80.6 cm³/mol. The minimum Gasteiger partial charge on any atom is -0.459 e. The monoisotopic (exact) mass is 312 g/mol. The van der Waals surface area contributed by atoms with Crippen LogP contribution in [-0.2, 0) is 0 Å². The third-order valence-electron chi connectivity index (χ3n) is 2.74. The molecule has 0 unspecified atom stereocenters. The standard InChI is InChI=1S/C14H12N6O3/c15-11-12(19-20-13(21)10-4-2-6-22-10)17-8-18-14(11)23-9-3-1-5-16-7-9/h1-8H,15H2,(H,20,21)(H,17,18,19). The first-order valence-corrected chi connectivity index (χ1v) is 6.52. The lowest BCUT2D eigenvalue weighted by atomic mass is 10.4. The first-order valence-electron chi connectivity index (χ1n) is 6.52. The number of nitrogen functional groups attached to an aromatic ring is 1. The number of furan rings is 1. The average molecular weight is 312 g/mol. The van der Waals surface area contributed by atoms with Crippen LogP contribution in [0.5, 0.6) is 11.6 Å². The topological polar surface area (TPSA) is 128 Å². The van der Waals surface area contributed by atoms with Gasteiger partial charge in [-0.1, -0.05) is 0 Å². The number of nitrogens with two attached hydrogens (primary N) is 1. The zero-order valence-electron chi connectivity index (χ0n) is 11.8. The van der Waals surface area contributed by atoms with Gasteiger partial charge in [0.15, 0.2) is 11.6 Å². The van der Waals surface area contributed by atoms with E-state index in [0.29, 0.717) is 5.75 Å². The number of amides is 1. The maximum absolute atomic E-state index is 11.8. The molecule has 9 nitrogen and oxygen atoms in total. The van der Waals surface area contributed by atoms with Gasteiger partial charge in [0.25, 0.3) is 0 Å². The Morgan fingerprint density at radius 1 is 1.26 bits per heavy atom. The molecular formula is C14H12N6O3. The van der Waals surface area contributed by atoms with Gasteiger partial charge in [-0.3, -0.25) is 20.6 Å². The maximum Gasteiger partial charge on any atom is 0.305 e. The van der Waals surface area contributed by atoms with Crippen LogP contribution in [0.25, 0.3) is 0 Å². The third kappa shape index (κ3) is 3.35. The molecule has 0 atom stereocenters. The summed E-state index contributed by atoms with van der Waals surface area (Å²) in [6.45, 7) is 0. The van der Waals surface area contributed by atoms with Crippen molar-refractivity contribution in [1.82, 2.24) is 20.4 Å². The highest BCUT2D eigenvalue weighted by Crippen LogP contribution is 2.28. The number of anilines is 2. The lowest BCUT2D eigenvalue weighted by Crippen LogP contribution is -2.30. The lowest BCUT2D eigenvalue weighted by Gasteiger charge is -2.11. The van der Waals surface area contributed by atoms with Crippen LogP contribution < -0.4 is 21.3 Å². The van der Waals surface area contributed by atoms with Crippen molar-refractivity contribution >= 4 is 17.4 Å². The molecule has 9 heteroatoms. The van der Waals surface area contributed by atoms with E-state index >= 15 is 0 Å². The Bertz CT molecular complexity index is 792. The fourth-order valence-corrected chi connectivity index (χ4v) is 1.66. The molecule has 3 rings (SSSR count). The number of nitrogens with one attached hydrogen (secondary N) is 2. The van der Waals surface area contributed by atoms with Crippen LogP contribution in [0.3, 0.4) is 0 Å². The Balaban J connectivity index is 1.71. The second-order valence-electron chi connectivity index (χ2n) is 4.29. The van der Waals surface area contributed by atoms with Gasteiger partial charge in [0.05, 0.1) is 12.5 Å². The Morgan fingerprint density at radius 2 is 2.17 bits per heavy atom. The molecular weight excluding hydrogens is 300 g/mol. The van der Waals surface area contributed by atoms with Crippen LogP contribution in [0, 0.1) is 0 Å². The summed E-state index contributed by atoms with van der Waals surface area (Å²) in [5, 5.41) is 0. The lowest BCUT2D eigenvalue weighted by molar-refractivity contribution is 0.0935. The molecule has 3 aromatic rings. The summed E-state index contributed by atoms with van der Waals surface area (Å²) in [4.78, 5) is 23.6. The second kappa shape index (κ2) is 6.43. The summed E-state index contributed by atoms with van der Waals surface area (Å²) < 4.78 is 10.5. The van der Waals surface area contributed by atoms with Crippen LogP contribution in [0.2, 0.25) is 0 Å². The summed E-state index contributed by atoms with van der Waals surface area (Å²) in [5.74, 6) is 0.490. The van der Waals surface area contributed by atoms with Crippen LogP contribution in [-0.4, -0.2) is 20.9 Å². The first-order chi connectivity index (χ1) is 11.2. The number of ether oxygens (including phenoxy) is 1. The summed E-state index contributed by atoms with van der Waals surface area (Å²) in [6, 6.07) is 6.56. The number of aromatic nitrogens is 3. The largest absolute Gasteiger partial charge is 0.459 e. The molecule has 116 valence electrons. The van der Waals surface area contributed by atoms with Crippen molar-refractivity contribution in [1.29, 1.82) is 0 Å². The molecule has 0 spiro atoms. The van der Waals surface area contributed by atoms with Crippen LogP contribution in [0.4, 0.5) is 11.5 Å². The zero-order valence-corrected chi connectivity index (χ0v) is 11.8. The van der Waals surface area contributed by atoms with E-state index < -0.39 is 5.91 Å². The van der Waals surface area contributed by atoms with Gasteiger partial charge < -0.3 is 14.9 Å². The van der Waals surface area contributed by atoms with Crippen molar-refractivity contribution in [2.75, 3.05) is 11.2 Å². The summed E-state index contributed by atoms with van der Waals surface area (Å²) in [6.07, 6.45) is 5.79. The number of hydrogen-bond acceptors (Lipinski definition) is 8. The molecule has 3 heterocycles. The zero-order chi connectivity index (χ0) is 16.1. The number of hydrazine groups is 1. The van der Waals surface area contributed by atoms with E-state index in [9.17, 15) is 4.79 Å². The molecule has 0 fully saturated rings. The third-order valence-corrected chi connectivity index (χ3v) is 2.74. The quantitative estimate of drug-likeness (QED) is 0.606. The molecule has 1 amide bonds. The van der Waals surface area contributed by atoms with Crippen molar-refractivity contribution < 1.29 is 13.9 Å². The number of nitrogens with zero attached hydrogens (tertiary/aromatic N) is 3. The predicted octanol–water partition coefficient (Wildman–Crippen LogP) is 1.60. The first kappa shape index (κ1) is 14.3. The summed E-state index contributed by atoms with van der Waals surface area (Å²) >= 11 is 0. The Hall–Kier alpha value is -3.62. The minimum atomic E-state index is -0.470. The van der Waals surface area contributed by atoms with Crippen LogP contribution in [0.15, 0.2) is 53.7 Å². The molecule has 0 aromatic carbocycles. The molecule has 0 bridgehead atoms. The molecule has 0 aliphatic carbocycles. The van der Waals surface area contributed by atoms with E-state index in [1.807, 2.05) is 0 Å². The van der Waals surface area contributed by atoms with Crippen LogP contribution in [0.1, 0.15) is 10.6 Å². The highest BCUT2D eigenvalue weighted by molar-refractivity contribution is 5.92. The molecule has 23 heavy (non-hydrogen) atoms. The van der Waals surface area contributed by atoms with E-state index in [-0.39, 0.29) is 23.1 Å². The van der Waals surface area contributed by atoms with Gasteiger partial charge in [-0.25, -0.2) is 4.98 Å². The van der Waals surface area contributed by atoms with Crippen molar-refractivity contribution in [3.63, 3.8) is 0 Å². The number of pyridine rings is 1. The van der Waals surface area contributed by atoms with Gasteiger partial charge in [-0.2, -0.15) is 4.98 Å². The van der Waals surface area contributed by atoms with Gasteiger partial charge in [0.2, 0.25) is 5.88 Å². The van der Waals surface area contributed by atoms with Gasteiger partial charge in [-0.05, 0) is 24.3 Å². The SMILES string of the molecule is Nc1c(NNC(=O)c2ccco2)ncnc1Oc1cccnc1. The maximum atomic E-state index is 11.8. The summed E-state index contributed by atoms with van der Waals surface area (Å²) in [5.41, 5.74) is 11.1. The van der Waals surface area contributed by atoms with Crippen molar-refractivity contribution in [2.45, 2.75) is 0 Å². The fourth-order valence-electron chi connectivity index (χ4n) is 1.66. The molecule has 3 aromatic heterocycles. The van der Waals surface area contributed by atoms with Gasteiger partial charge in [0, 0.05) is 6.20 Å². The molecule has 0 aliphatic rings. The highest BCUT2D eigenvalue weighted by Gasteiger charge is 2.13. The van der Waals surface area contributed by atoms with Crippen LogP contribution >= 0.6 is 0 Å². The van der Waals surface area contributed by atoms with Crippen molar-refractivity contribution in [3.8, 4) is 11.6 Å². The molecule has 4 N–H and O–H groups in total. The Morgan fingerprint density at radius 3 is 2.91 bits per heavy atom. The van der Waals surface area contributed by atoms with Gasteiger partial charge in [0.1, 0.15) is 17.8 Å². The van der Waals surface area contributed by atoms with E-state index in [1.54, 1.807) is 24.4 Å².